The Labute approximate surface area is 96.9 Å². The summed E-state index contributed by atoms with van der Waals surface area (Å²) in [5.74, 6) is -1.60. The smallest absolute Gasteiger partial charge is 0.310 e. The molecule has 0 aliphatic rings. The number of phenols is 1. The van der Waals surface area contributed by atoms with Crippen molar-refractivity contribution in [1.29, 1.82) is 0 Å². The highest BCUT2D eigenvalue weighted by molar-refractivity contribution is 9.10. The maximum absolute atomic E-state index is 10.9. The summed E-state index contributed by atoms with van der Waals surface area (Å²) in [6, 6.07) is 1.58. The zero-order valence-electron chi connectivity index (χ0n) is 8.84. The molecule has 0 amide bonds. The predicted molar refractivity (Wildman–Crippen MR) is 61.3 cm³/mol. The number of carboxylic acids is 1. The Morgan fingerprint density at radius 3 is 2.47 bits per heavy atom. The first-order valence-electron chi connectivity index (χ1n) is 4.57. The second-order valence-corrected chi connectivity index (χ2v) is 4.42. The van der Waals surface area contributed by atoms with Gasteiger partial charge in [-0.05, 0) is 38.0 Å². The van der Waals surface area contributed by atoms with Crippen molar-refractivity contribution in [2.24, 2.45) is 0 Å². The number of carboxylic acid groups (broad SMARTS) is 1. The molecule has 0 bridgehead atoms. The average Bonchev–Trinajstić information content (AvgIpc) is 2.14. The standard InChI is InChI=1S/C11H13BrO3/c1-5-4-8(13)9(6(2)10(5)12)7(3)11(14)15/h4,7,13H,1-3H3,(H,14,15). The number of phenolic OH excluding ortho intramolecular Hbond substituents is 1. The molecule has 1 rings (SSSR count). The topological polar surface area (TPSA) is 57.5 Å². The van der Waals surface area contributed by atoms with E-state index >= 15 is 0 Å². The van der Waals surface area contributed by atoms with E-state index in [1.807, 2.05) is 6.92 Å². The molecular weight excluding hydrogens is 260 g/mol. The summed E-state index contributed by atoms with van der Waals surface area (Å²) >= 11 is 3.38. The van der Waals surface area contributed by atoms with Gasteiger partial charge in [0.2, 0.25) is 0 Å². The van der Waals surface area contributed by atoms with Gasteiger partial charge in [0, 0.05) is 10.0 Å². The number of rotatable bonds is 2. The van der Waals surface area contributed by atoms with Crippen LogP contribution in [0, 0.1) is 13.8 Å². The lowest BCUT2D eigenvalue weighted by atomic mass is 9.94. The van der Waals surface area contributed by atoms with Gasteiger partial charge in [-0.15, -0.1) is 0 Å². The van der Waals surface area contributed by atoms with E-state index in [-0.39, 0.29) is 5.75 Å². The molecule has 0 aliphatic carbocycles. The van der Waals surface area contributed by atoms with Gasteiger partial charge in [-0.3, -0.25) is 4.79 Å². The van der Waals surface area contributed by atoms with Crippen molar-refractivity contribution >= 4 is 21.9 Å². The molecule has 0 aromatic heterocycles. The normalized spacial score (nSPS) is 12.5. The van der Waals surface area contributed by atoms with Gasteiger partial charge in [0.15, 0.2) is 0 Å². The number of aryl methyl sites for hydroxylation is 1. The number of aromatic hydroxyl groups is 1. The Hall–Kier alpha value is -1.03. The summed E-state index contributed by atoms with van der Waals surface area (Å²) < 4.78 is 0.850. The lowest BCUT2D eigenvalue weighted by Gasteiger charge is -2.15. The quantitative estimate of drug-likeness (QED) is 0.870. The van der Waals surface area contributed by atoms with Crippen molar-refractivity contribution < 1.29 is 15.0 Å². The number of carbonyl (C=O) groups is 1. The molecule has 1 aromatic rings. The second-order valence-electron chi connectivity index (χ2n) is 3.63. The van der Waals surface area contributed by atoms with Crippen LogP contribution < -0.4 is 0 Å². The van der Waals surface area contributed by atoms with E-state index in [1.54, 1.807) is 19.9 Å². The van der Waals surface area contributed by atoms with Gasteiger partial charge < -0.3 is 10.2 Å². The molecule has 1 aromatic carbocycles. The van der Waals surface area contributed by atoms with Gasteiger partial charge in [-0.2, -0.15) is 0 Å². The van der Waals surface area contributed by atoms with Crippen molar-refractivity contribution in [3.8, 4) is 5.75 Å². The van der Waals surface area contributed by atoms with Gasteiger partial charge in [0.1, 0.15) is 5.75 Å². The summed E-state index contributed by atoms with van der Waals surface area (Å²) in [7, 11) is 0. The molecule has 0 saturated carbocycles. The molecule has 82 valence electrons. The second kappa shape index (κ2) is 4.23. The molecule has 1 unspecified atom stereocenters. The predicted octanol–water partition coefficient (Wildman–Crippen LogP) is 2.96. The minimum atomic E-state index is -0.941. The van der Waals surface area contributed by atoms with Gasteiger partial charge in [0.25, 0.3) is 0 Å². The average molecular weight is 273 g/mol. The fourth-order valence-electron chi connectivity index (χ4n) is 1.62. The Morgan fingerprint density at radius 2 is 2.00 bits per heavy atom. The molecule has 3 nitrogen and oxygen atoms in total. The van der Waals surface area contributed by atoms with Crippen molar-refractivity contribution in [2.75, 3.05) is 0 Å². The van der Waals surface area contributed by atoms with Crippen LogP contribution in [0.15, 0.2) is 10.5 Å². The Kier molecular flexibility index (Phi) is 3.39. The van der Waals surface area contributed by atoms with E-state index in [0.717, 1.165) is 15.6 Å². The first-order valence-corrected chi connectivity index (χ1v) is 5.37. The Morgan fingerprint density at radius 1 is 1.47 bits per heavy atom. The van der Waals surface area contributed by atoms with Crippen LogP contribution >= 0.6 is 15.9 Å². The van der Waals surface area contributed by atoms with E-state index in [0.29, 0.717) is 5.56 Å². The largest absolute Gasteiger partial charge is 0.508 e. The van der Waals surface area contributed by atoms with Crippen LogP contribution in [0.25, 0.3) is 0 Å². The van der Waals surface area contributed by atoms with E-state index in [4.69, 9.17) is 5.11 Å². The molecule has 0 heterocycles. The molecule has 1 atom stereocenters. The molecular formula is C11H13BrO3. The monoisotopic (exact) mass is 272 g/mol. The van der Waals surface area contributed by atoms with E-state index in [1.165, 1.54) is 0 Å². The number of hydrogen-bond acceptors (Lipinski definition) is 2. The molecule has 0 radical (unpaired) electrons. The molecule has 0 fully saturated rings. The molecule has 0 aliphatic heterocycles. The highest BCUT2D eigenvalue weighted by atomic mass is 79.9. The molecule has 4 heteroatoms. The van der Waals surface area contributed by atoms with Crippen LogP contribution in [-0.2, 0) is 4.79 Å². The van der Waals surface area contributed by atoms with E-state index < -0.39 is 11.9 Å². The Balaban J connectivity index is 3.42. The van der Waals surface area contributed by atoms with Crippen LogP contribution in [-0.4, -0.2) is 16.2 Å². The number of benzene rings is 1. The summed E-state index contributed by atoms with van der Waals surface area (Å²) in [5, 5.41) is 18.6. The van der Waals surface area contributed by atoms with E-state index in [9.17, 15) is 9.90 Å². The maximum Gasteiger partial charge on any atom is 0.310 e. The first kappa shape index (κ1) is 12.0. The highest BCUT2D eigenvalue weighted by Crippen LogP contribution is 2.35. The minimum Gasteiger partial charge on any atom is -0.508 e. The number of halogens is 1. The summed E-state index contributed by atoms with van der Waals surface area (Å²) in [5.41, 5.74) is 2.15. The fraction of sp³-hybridized carbons (Fsp3) is 0.364. The lowest BCUT2D eigenvalue weighted by molar-refractivity contribution is -0.138. The molecule has 0 spiro atoms. The zero-order chi connectivity index (χ0) is 11.7. The molecule has 15 heavy (non-hydrogen) atoms. The van der Waals surface area contributed by atoms with Crippen molar-refractivity contribution in [3.63, 3.8) is 0 Å². The van der Waals surface area contributed by atoms with Crippen LogP contribution in [0.2, 0.25) is 0 Å². The summed E-state index contributed by atoms with van der Waals surface area (Å²) in [6.45, 7) is 5.21. The van der Waals surface area contributed by atoms with Gasteiger partial charge in [-0.1, -0.05) is 15.9 Å². The summed E-state index contributed by atoms with van der Waals surface area (Å²) in [4.78, 5) is 10.9. The van der Waals surface area contributed by atoms with Crippen molar-refractivity contribution in [2.45, 2.75) is 26.7 Å². The third-order valence-corrected chi connectivity index (χ3v) is 3.73. The fourth-order valence-corrected chi connectivity index (χ4v) is 1.95. The van der Waals surface area contributed by atoms with Crippen molar-refractivity contribution in [1.82, 2.24) is 0 Å². The third-order valence-electron chi connectivity index (χ3n) is 2.51. The van der Waals surface area contributed by atoms with Crippen molar-refractivity contribution in [3.05, 3.63) is 27.2 Å². The zero-order valence-corrected chi connectivity index (χ0v) is 10.4. The van der Waals surface area contributed by atoms with Crippen LogP contribution in [0.1, 0.15) is 29.5 Å². The molecule has 0 saturated heterocycles. The maximum atomic E-state index is 10.9. The van der Waals surface area contributed by atoms with Gasteiger partial charge in [0.05, 0.1) is 5.92 Å². The van der Waals surface area contributed by atoms with Crippen LogP contribution in [0.5, 0.6) is 5.75 Å². The SMILES string of the molecule is Cc1cc(O)c(C(C)C(=O)O)c(C)c1Br. The molecule has 2 N–H and O–H groups in total. The van der Waals surface area contributed by atoms with Crippen LogP contribution in [0.4, 0.5) is 0 Å². The third kappa shape index (κ3) is 2.15. The highest BCUT2D eigenvalue weighted by Gasteiger charge is 2.21. The summed E-state index contributed by atoms with van der Waals surface area (Å²) in [6.07, 6.45) is 0. The van der Waals surface area contributed by atoms with E-state index in [2.05, 4.69) is 15.9 Å². The first-order chi connectivity index (χ1) is 6.86. The van der Waals surface area contributed by atoms with Crippen LogP contribution in [0.3, 0.4) is 0 Å². The van der Waals surface area contributed by atoms with Gasteiger partial charge in [-0.25, -0.2) is 0 Å². The number of aliphatic carboxylic acids is 1. The Bertz CT molecular complexity index is 413. The lowest BCUT2D eigenvalue weighted by Crippen LogP contribution is -2.10. The van der Waals surface area contributed by atoms with Gasteiger partial charge >= 0.3 is 5.97 Å². The minimum absolute atomic E-state index is 0.0445. The number of hydrogen-bond donors (Lipinski definition) is 2.